The van der Waals surface area contributed by atoms with Gasteiger partial charge in [-0.05, 0) is 31.2 Å². The van der Waals surface area contributed by atoms with Crippen LogP contribution in [0.25, 0.3) is 0 Å². The Balaban J connectivity index is 1.53. The molecule has 6 nitrogen and oxygen atoms in total. The number of aliphatic hydroxyl groups is 2. The number of benzene rings is 1. The first kappa shape index (κ1) is 19.6. The Kier molecular flexibility index (Phi) is 6.20. The molecule has 2 atom stereocenters. The predicted octanol–water partition coefficient (Wildman–Crippen LogP) is 0.454. The Morgan fingerprint density at radius 2 is 1.85 bits per heavy atom. The fourth-order valence-electron chi connectivity index (χ4n) is 3.66. The van der Waals surface area contributed by atoms with Crippen LogP contribution >= 0.6 is 11.6 Å². The number of amides is 1. The molecule has 2 heterocycles. The third-order valence-corrected chi connectivity index (χ3v) is 5.79. The topological polar surface area (TPSA) is 67.2 Å². The highest BCUT2D eigenvalue weighted by molar-refractivity contribution is 6.30. The molecule has 0 aliphatic carbocycles. The summed E-state index contributed by atoms with van der Waals surface area (Å²) in [5, 5.41) is 22.1. The number of likely N-dealkylation sites (N-methyl/N-ethyl adjacent to an activating group) is 1. The van der Waals surface area contributed by atoms with E-state index in [1.807, 2.05) is 12.1 Å². The molecule has 0 radical (unpaired) electrons. The zero-order valence-electron chi connectivity index (χ0n) is 15.3. The van der Waals surface area contributed by atoms with Crippen molar-refractivity contribution in [2.45, 2.75) is 24.5 Å². The van der Waals surface area contributed by atoms with Gasteiger partial charge in [0, 0.05) is 50.8 Å². The smallest absolute Gasteiger partial charge is 0.227 e. The number of halogens is 1. The quantitative estimate of drug-likeness (QED) is 0.793. The number of hydrogen-bond donors (Lipinski definition) is 2. The summed E-state index contributed by atoms with van der Waals surface area (Å²) in [6.45, 7) is 4.83. The minimum absolute atomic E-state index is 0.0342. The van der Waals surface area contributed by atoms with E-state index in [0.29, 0.717) is 24.5 Å². The van der Waals surface area contributed by atoms with Gasteiger partial charge in [0.2, 0.25) is 5.91 Å². The van der Waals surface area contributed by atoms with Crippen LogP contribution in [-0.2, 0) is 11.2 Å². The molecule has 0 aromatic heterocycles. The zero-order valence-corrected chi connectivity index (χ0v) is 16.0. The molecule has 1 aromatic rings. The van der Waals surface area contributed by atoms with Crippen LogP contribution in [0.1, 0.15) is 12.0 Å². The summed E-state index contributed by atoms with van der Waals surface area (Å²) in [5.41, 5.74) is -0.250. The van der Waals surface area contributed by atoms with Crippen molar-refractivity contribution in [2.75, 3.05) is 52.9 Å². The highest BCUT2D eigenvalue weighted by Crippen LogP contribution is 2.25. The third kappa shape index (κ3) is 4.75. The highest BCUT2D eigenvalue weighted by Gasteiger charge is 2.43. The van der Waals surface area contributed by atoms with Gasteiger partial charge in [0.15, 0.2) is 0 Å². The van der Waals surface area contributed by atoms with Gasteiger partial charge in [-0.3, -0.25) is 9.69 Å². The third-order valence-electron chi connectivity index (χ3n) is 5.54. The Labute approximate surface area is 159 Å². The van der Waals surface area contributed by atoms with Gasteiger partial charge in [0.1, 0.15) is 11.7 Å². The lowest BCUT2D eigenvalue weighted by molar-refractivity contribution is -0.153. The van der Waals surface area contributed by atoms with E-state index in [9.17, 15) is 15.0 Å². The molecule has 2 aliphatic rings. The van der Waals surface area contributed by atoms with Gasteiger partial charge in [-0.15, -0.1) is 0 Å². The van der Waals surface area contributed by atoms with Crippen LogP contribution in [0.5, 0.6) is 0 Å². The van der Waals surface area contributed by atoms with Gasteiger partial charge < -0.3 is 20.0 Å². The number of aliphatic hydroxyl groups excluding tert-OH is 1. The molecule has 2 fully saturated rings. The number of carbonyl (C=O) groups is 1. The zero-order chi connectivity index (χ0) is 18.7. The first-order valence-corrected chi connectivity index (χ1v) is 9.57. The molecule has 0 unspecified atom stereocenters. The van der Waals surface area contributed by atoms with Crippen LogP contribution in [-0.4, -0.2) is 95.4 Å². The van der Waals surface area contributed by atoms with Crippen molar-refractivity contribution in [3.8, 4) is 0 Å². The second-order valence-corrected chi connectivity index (χ2v) is 8.03. The molecule has 26 heavy (non-hydrogen) atoms. The van der Waals surface area contributed by atoms with Gasteiger partial charge >= 0.3 is 0 Å². The lowest BCUT2D eigenvalue weighted by Gasteiger charge is -2.45. The van der Waals surface area contributed by atoms with Crippen molar-refractivity contribution in [3.05, 3.63) is 34.9 Å². The maximum Gasteiger partial charge on any atom is 0.227 e. The van der Waals surface area contributed by atoms with Crippen molar-refractivity contribution in [3.63, 3.8) is 0 Å². The fourth-order valence-corrected chi connectivity index (χ4v) is 3.78. The molecule has 0 bridgehead atoms. The van der Waals surface area contributed by atoms with E-state index in [1.54, 1.807) is 17.0 Å². The number of likely N-dealkylation sites (tertiary alicyclic amines) is 1. The summed E-state index contributed by atoms with van der Waals surface area (Å²) in [5.74, 6) is -0.0342. The number of nitrogens with zero attached hydrogens (tertiary/aromatic N) is 3. The van der Waals surface area contributed by atoms with E-state index in [-0.39, 0.29) is 18.9 Å². The van der Waals surface area contributed by atoms with E-state index < -0.39 is 11.7 Å². The van der Waals surface area contributed by atoms with Crippen molar-refractivity contribution in [1.82, 2.24) is 14.7 Å². The molecular formula is C19H28ClN3O3. The van der Waals surface area contributed by atoms with Crippen molar-refractivity contribution in [1.29, 1.82) is 0 Å². The molecule has 0 spiro atoms. The second-order valence-electron chi connectivity index (χ2n) is 7.59. The van der Waals surface area contributed by atoms with Gasteiger partial charge in [-0.2, -0.15) is 0 Å². The first-order valence-electron chi connectivity index (χ1n) is 9.19. The molecule has 3 rings (SSSR count). The van der Waals surface area contributed by atoms with Crippen molar-refractivity contribution < 1.29 is 15.0 Å². The summed E-state index contributed by atoms with van der Waals surface area (Å²) in [6, 6.07) is 7.21. The molecule has 2 aliphatic heterocycles. The Bertz CT molecular complexity index is 619. The summed E-state index contributed by atoms with van der Waals surface area (Å²) in [4.78, 5) is 18.6. The maximum absolute atomic E-state index is 12.5. The second kappa shape index (κ2) is 8.23. The number of β-amino-alcohol motifs (C(OH)–C–C–N with tert-alkyl or cyclic N) is 2. The van der Waals surface area contributed by atoms with Crippen LogP contribution in [0.2, 0.25) is 5.02 Å². The Morgan fingerprint density at radius 3 is 2.46 bits per heavy atom. The highest BCUT2D eigenvalue weighted by atomic mass is 35.5. The molecular weight excluding hydrogens is 354 g/mol. The predicted molar refractivity (Wildman–Crippen MR) is 101 cm³/mol. The van der Waals surface area contributed by atoms with E-state index in [1.165, 1.54) is 0 Å². The molecule has 1 aromatic carbocycles. The van der Waals surface area contributed by atoms with Crippen LogP contribution in [0, 0.1) is 0 Å². The number of piperazine rings is 1. The van der Waals surface area contributed by atoms with Gasteiger partial charge in [0.25, 0.3) is 0 Å². The fraction of sp³-hybridized carbons (Fsp3) is 0.632. The van der Waals surface area contributed by atoms with Gasteiger partial charge in [-0.25, -0.2) is 0 Å². The molecule has 0 saturated carbocycles. The average molecular weight is 382 g/mol. The van der Waals surface area contributed by atoms with Gasteiger partial charge in [-0.1, -0.05) is 23.7 Å². The summed E-state index contributed by atoms with van der Waals surface area (Å²) in [6.07, 6.45) is -0.252. The standard InChI is InChI=1S/C19H28ClN3O3/c1-21-8-10-22(11-9-21)14-19(26)6-7-23(13-17(19)24)18(25)12-15-2-4-16(20)5-3-15/h2-5,17,24,26H,6-14H2,1H3/t17-,19-/m0/s1. The first-order chi connectivity index (χ1) is 12.4. The Morgan fingerprint density at radius 1 is 1.19 bits per heavy atom. The molecule has 2 saturated heterocycles. The monoisotopic (exact) mass is 381 g/mol. The summed E-state index contributed by atoms with van der Waals surface area (Å²) < 4.78 is 0. The number of hydrogen-bond acceptors (Lipinski definition) is 5. The van der Waals surface area contributed by atoms with Crippen molar-refractivity contribution >= 4 is 17.5 Å². The molecule has 2 N–H and O–H groups in total. The average Bonchev–Trinajstić information content (AvgIpc) is 2.61. The lowest BCUT2D eigenvalue weighted by Crippen LogP contribution is -2.62. The minimum atomic E-state index is -1.15. The molecule has 7 heteroatoms. The maximum atomic E-state index is 12.5. The molecule has 144 valence electrons. The Hall–Kier alpha value is -1.18. The van der Waals surface area contributed by atoms with E-state index in [4.69, 9.17) is 11.6 Å². The SMILES string of the molecule is CN1CCN(C[C@@]2(O)CCN(C(=O)Cc3ccc(Cl)cc3)C[C@@H]2O)CC1. The van der Waals surface area contributed by atoms with Crippen LogP contribution in [0.3, 0.4) is 0 Å². The van der Waals surface area contributed by atoms with Crippen LogP contribution in [0.15, 0.2) is 24.3 Å². The summed E-state index contributed by atoms with van der Waals surface area (Å²) >= 11 is 5.87. The number of piperidine rings is 1. The normalized spacial score (nSPS) is 28.3. The van der Waals surface area contributed by atoms with E-state index >= 15 is 0 Å². The number of carbonyl (C=O) groups excluding carboxylic acids is 1. The lowest BCUT2D eigenvalue weighted by atomic mass is 9.87. The van der Waals surface area contributed by atoms with E-state index in [0.717, 1.165) is 31.7 Å². The largest absolute Gasteiger partial charge is 0.388 e. The minimum Gasteiger partial charge on any atom is -0.388 e. The van der Waals surface area contributed by atoms with Crippen molar-refractivity contribution in [2.24, 2.45) is 0 Å². The van der Waals surface area contributed by atoms with Crippen LogP contribution < -0.4 is 0 Å². The van der Waals surface area contributed by atoms with Gasteiger partial charge in [0.05, 0.1) is 6.42 Å². The van der Waals surface area contributed by atoms with E-state index in [2.05, 4.69) is 16.8 Å². The van der Waals surface area contributed by atoms with Crippen LogP contribution in [0.4, 0.5) is 0 Å². The number of rotatable bonds is 4. The molecule has 1 amide bonds. The summed E-state index contributed by atoms with van der Waals surface area (Å²) in [7, 11) is 2.09.